The average Bonchev–Trinajstić information content (AvgIpc) is 2.97. The molecule has 0 aliphatic carbocycles. The number of hydrogen-bond donors (Lipinski definition) is 1. The molecule has 98 valence electrons. The zero-order chi connectivity index (χ0) is 13.0. The van der Waals surface area contributed by atoms with E-state index in [0.29, 0.717) is 6.04 Å². The molecule has 2 rings (SSSR count). The van der Waals surface area contributed by atoms with E-state index < -0.39 is 0 Å². The van der Waals surface area contributed by atoms with E-state index in [2.05, 4.69) is 45.6 Å². The maximum Gasteiger partial charge on any atom is 0.131 e. The summed E-state index contributed by atoms with van der Waals surface area (Å²) in [7, 11) is 2.05. The molecule has 5 heteroatoms. The molecule has 0 aromatic carbocycles. The molecule has 0 amide bonds. The van der Waals surface area contributed by atoms with E-state index in [9.17, 15) is 0 Å². The van der Waals surface area contributed by atoms with E-state index in [1.54, 1.807) is 11.3 Å². The molecule has 2 aromatic rings. The van der Waals surface area contributed by atoms with Crippen molar-refractivity contribution in [1.82, 2.24) is 14.9 Å². The number of thioether (sulfide) groups is 1. The molecular formula is C13H19N3S2. The fourth-order valence-corrected chi connectivity index (χ4v) is 3.35. The fourth-order valence-electron chi connectivity index (χ4n) is 1.98. The van der Waals surface area contributed by atoms with E-state index >= 15 is 0 Å². The first-order chi connectivity index (χ1) is 8.72. The molecule has 0 saturated carbocycles. The summed E-state index contributed by atoms with van der Waals surface area (Å²) in [4.78, 5) is 5.80. The SMILES string of the molecule is CSCC(C)NC(c1cccs1)c1nccn1C. The van der Waals surface area contributed by atoms with Crippen LogP contribution in [-0.2, 0) is 7.05 Å². The highest BCUT2D eigenvalue weighted by Gasteiger charge is 2.20. The molecule has 18 heavy (non-hydrogen) atoms. The van der Waals surface area contributed by atoms with Gasteiger partial charge in [0.05, 0.1) is 0 Å². The second-order valence-corrected chi connectivity index (χ2v) is 6.26. The van der Waals surface area contributed by atoms with Crippen LogP contribution in [0.1, 0.15) is 23.7 Å². The van der Waals surface area contributed by atoms with Crippen molar-refractivity contribution >= 4 is 23.1 Å². The molecule has 2 atom stereocenters. The predicted octanol–water partition coefficient (Wildman–Crippen LogP) is 2.91. The first-order valence-electron chi connectivity index (χ1n) is 5.98. The van der Waals surface area contributed by atoms with Crippen molar-refractivity contribution in [2.24, 2.45) is 7.05 Å². The number of aromatic nitrogens is 2. The van der Waals surface area contributed by atoms with Crippen molar-refractivity contribution in [1.29, 1.82) is 0 Å². The van der Waals surface area contributed by atoms with Gasteiger partial charge in [-0.05, 0) is 24.6 Å². The minimum atomic E-state index is 0.187. The molecule has 0 fully saturated rings. The lowest BCUT2D eigenvalue weighted by Gasteiger charge is -2.21. The van der Waals surface area contributed by atoms with Gasteiger partial charge in [0, 0.05) is 36.1 Å². The lowest BCUT2D eigenvalue weighted by atomic mass is 10.2. The van der Waals surface area contributed by atoms with E-state index in [1.165, 1.54) is 4.88 Å². The number of thiophene rings is 1. The van der Waals surface area contributed by atoms with Crippen LogP contribution in [0.3, 0.4) is 0 Å². The standard InChI is InChI=1S/C13H19N3S2/c1-10(9-17-3)15-12(11-5-4-8-18-11)13-14-6-7-16(13)2/h4-8,10,12,15H,9H2,1-3H3. The quantitative estimate of drug-likeness (QED) is 0.883. The lowest BCUT2D eigenvalue weighted by molar-refractivity contribution is 0.509. The molecule has 2 aromatic heterocycles. The van der Waals surface area contributed by atoms with Crippen LogP contribution in [0.25, 0.3) is 0 Å². The maximum atomic E-state index is 4.49. The van der Waals surface area contributed by atoms with Crippen LogP contribution in [0, 0.1) is 0 Å². The highest BCUT2D eigenvalue weighted by Crippen LogP contribution is 2.25. The van der Waals surface area contributed by atoms with Crippen molar-refractivity contribution in [2.45, 2.75) is 19.0 Å². The number of hydrogen-bond acceptors (Lipinski definition) is 4. The number of aryl methyl sites for hydroxylation is 1. The highest BCUT2D eigenvalue weighted by atomic mass is 32.2. The molecule has 1 N–H and O–H groups in total. The molecule has 0 saturated heterocycles. The monoisotopic (exact) mass is 281 g/mol. The summed E-state index contributed by atoms with van der Waals surface area (Å²) < 4.78 is 2.09. The predicted molar refractivity (Wildman–Crippen MR) is 80.3 cm³/mol. The van der Waals surface area contributed by atoms with Crippen molar-refractivity contribution in [2.75, 3.05) is 12.0 Å². The van der Waals surface area contributed by atoms with E-state index in [4.69, 9.17) is 0 Å². The Morgan fingerprint density at radius 3 is 2.94 bits per heavy atom. The van der Waals surface area contributed by atoms with Crippen molar-refractivity contribution in [3.63, 3.8) is 0 Å². The zero-order valence-electron chi connectivity index (χ0n) is 11.0. The van der Waals surface area contributed by atoms with Gasteiger partial charge in [0.15, 0.2) is 0 Å². The second-order valence-electron chi connectivity index (χ2n) is 4.37. The fraction of sp³-hybridized carbons (Fsp3) is 0.462. The second kappa shape index (κ2) is 6.41. The van der Waals surface area contributed by atoms with Crippen molar-refractivity contribution in [3.05, 3.63) is 40.6 Å². The maximum absolute atomic E-state index is 4.49. The summed E-state index contributed by atoms with van der Waals surface area (Å²) in [6.07, 6.45) is 5.99. The Balaban J connectivity index is 2.22. The Bertz CT molecular complexity index is 464. The summed E-state index contributed by atoms with van der Waals surface area (Å²) in [5.41, 5.74) is 0. The normalized spacial score (nSPS) is 14.6. The number of imidazole rings is 1. The van der Waals surface area contributed by atoms with Crippen LogP contribution >= 0.6 is 23.1 Å². The minimum Gasteiger partial charge on any atom is -0.336 e. The Morgan fingerprint density at radius 2 is 2.39 bits per heavy atom. The Kier molecular flexibility index (Phi) is 4.86. The summed E-state index contributed by atoms with van der Waals surface area (Å²) in [6, 6.07) is 4.91. The molecule has 0 aliphatic heterocycles. The van der Waals surface area contributed by atoms with Crippen molar-refractivity contribution in [3.8, 4) is 0 Å². The summed E-state index contributed by atoms with van der Waals surface area (Å²) >= 11 is 3.64. The third-order valence-electron chi connectivity index (χ3n) is 2.81. The molecule has 3 nitrogen and oxygen atoms in total. The summed E-state index contributed by atoms with van der Waals surface area (Å²) in [6.45, 7) is 2.22. The van der Waals surface area contributed by atoms with E-state index in [0.717, 1.165) is 11.6 Å². The molecule has 0 bridgehead atoms. The van der Waals surface area contributed by atoms with Crippen LogP contribution < -0.4 is 5.32 Å². The number of nitrogens with one attached hydrogen (secondary N) is 1. The largest absolute Gasteiger partial charge is 0.336 e. The van der Waals surface area contributed by atoms with Gasteiger partial charge in [0.25, 0.3) is 0 Å². The first-order valence-corrected chi connectivity index (χ1v) is 8.25. The molecular weight excluding hydrogens is 262 g/mol. The first kappa shape index (κ1) is 13.6. The third kappa shape index (κ3) is 3.16. The van der Waals surface area contributed by atoms with Gasteiger partial charge in [-0.15, -0.1) is 11.3 Å². The van der Waals surface area contributed by atoms with Gasteiger partial charge < -0.3 is 4.57 Å². The van der Waals surface area contributed by atoms with Gasteiger partial charge in [-0.25, -0.2) is 4.98 Å². The summed E-state index contributed by atoms with van der Waals surface area (Å²) in [5, 5.41) is 5.79. The number of nitrogens with zero attached hydrogens (tertiary/aromatic N) is 2. The zero-order valence-corrected chi connectivity index (χ0v) is 12.6. The van der Waals surface area contributed by atoms with Gasteiger partial charge >= 0.3 is 0 Å². The van der Waals surface area contributed by atoms with Gasteiger partial charge in [-0.3, -0.25) is 5.32 Å². The van der Waals surface area contributed by atoms with Gasteiger partial charge in [0.1, 0.15) is 11.9 Å². The Hall–Kier alpha value is -0.780. The summed E-state index contributed by atoms with van der Waals surface area (Å²) in [5.74, 6) is 2.18. The van der Waals surface area contributed by atoms with Crippen molar-refractivity contribution < 1.29 is 0 Å². The smallest absolute Gasteiger partial charge is 0.131 e. The highest BCUT2D eigenvalue weighted by molar-refractivity contribution is 7.98. The van der Waals surface area contributed by atoms with Gasteiger partial charge in [-0.2, -0.15) is 11.8 Å². The van der Waals surface area contributed by atoms with E-state index in [1.807, 2.05) is 31.2 Å². The molecule has 2 heterocycles. The van der Waals surface area contributed by atoms with Crippen LogP contribution in [0.15, 0.2) is 29.9 Å². The van der Waals surface area contributed by atoms with Crippen LogP contribution in [0.5, 0.6) is 0 Å². The average molecular weight is 281 g/mol. The third-order valence-corrected chi connectivity index (χ3v) is 4.58. The van der Waals surface area contributed by atoms with Crippen LogP contribution in [0.2, 0.25) is 0 Å². The minimum absolute atomic E-state index is 0.187. The molecule has 0 radical (unpaired) electrons. The van der Waals surface area contributed by atoms with E-state index in [-0.39, 0.29) is 6.04 Å². The Labute approximate surface area is 117 Å². The van der Waals surface area contributed by atoms with Gasteiger partial charge in [-0.1, -0.05) is 6.07 Å². The lowest BCUT2D eigenvalue weighted by Crippen LogP contribution is -2.34. The molecule has 2 unspecified atom stereocenters. The molecule has 0 spiro atoms. The topological polar surface area (TPSA) is 29.9 Å². The van der Waals surface area contributed by atoms with Crippen LogP contribution in [-0.4, -0.2) is 27.6 Å². The van der Waals surface area contributed by atoms with Gasteiger partial charge in [0.2, 0.25) is 0 Å². The Morgan fingerprint density at radius 1 is 1.56 bits per heavy atom. The van der Waals surface area contributed by atoms with Crippen LogP contribution in [0.4, 0.5) is 0 Å². The molecule has 0 aliphatic rings. The number of rotatable bonds is 6.